The van der Waals surface area contributed by atoms with Crippen LogP contribution in [0.25, 0.3) is 0 Å². The van der Waals surface area contributed by atoms with E-state index < -0.39 is 0 Å². The summed E-state index contributed by atoms with van der Waals surface area (Å²) in [5.74, 6) is 0.103. The zero-order chi connectivity index (χ0) is 11.4. The minimum absolute atomic E-state index is 0.302. The van der Waals surface area contributed by atoms with Gasteiger partial charge in [-0.15, -0.1) is 0 Å². The van der Waals surface area contributed by atoms with Crippen molar-refractivity contribution in [1.29, 1.82) is 0 Å². The van der Waals surface area contributed by atoms with Gasteiger partial charge in [-0.25, -0.2) is 9.97 Å². The van der Waals surface area contributed by atoms with Crippen molar-refractivity contribution >= 4 is 23.5 Å². The van der Waals surface area contributed by atoms with Crippen molar-refractivity contribution in [1.82, 2.24) is 9.97 Å². The summed E-state index contributed by atoms with van der Waals surface area (Å²) in [7, 11) is 1.35. The number of esters is 1. The molecule has 0 aliphatic heterocycles. The molecule has 0 aromatic carbocycles. The van der Waals surface area contributed by atoms with Crippen LogP contribution in [0.15, 0.2) is 11.2 Å². The quantitative estimate of drug-likeness (QED) is 0.472. The van der Waals surface area contributed by atoms with Crippen LogP contribution in [0, 0.1) is 6.92 Å². The summed E-state index contributed by atoms with van der Waals surface area (Å²) < 4.78 is 4.60. The first-order valence-corrected chi connectivity index (χ1v) is 5.26. The molecule has 15 heavy (non-hydrogen) atoms. The lowest BCUT2D eigenvalue weighted by molar-refractivity contribution is -0.139. The third-order valence-corrected chi connectivity index (χ3v) is 2.61. The molecule has 2 N–H and O–H groups in total. The highest BCUT2D eigenvalue weighted by Gasteiger charge is 2.16. The third kappa shape index (κ3) is 3.39. The first-order valence-electron chi connectivity index (χ1n) is 4.38. The molecule has 1 aromatic heterocycles. The van der Waals surface area contributed by atoms with E-state index >= 15 is 0 Å². The fraction of sp³-hybridized carbons (Fsp3) is 0.444. The second-order valence-electron chi connectivity index (χ2n) is 3.00. The van der Waals surface area contributed by atoms with Crippen molar-refractivity contribution in [2.24, 2.45) is 0 Å². The van der Waals surface area contributed by atoms with Gasteiger partial charge >= 0.3 is 5.97 Å². The molecule has 0 spiro atoms. The van der Waals surface area contributed by atoms with Crippen LogP contribution >= 0.6 is 11.8 Å². The number of hydrogen-bond acceptors (Lipinski definition) is 6. The Labute approximate surface area is 92.4 Å². The van der Waals surface area contributed by atoms with Gasteiger partial charge in [0.25, 0.3) is 0 Å². The Balaban J connectivity index is 2.76. The molecule has 0 radical (unpaired) electrons. The van der Waals surface area contributed by atoms with E-state index in [-0.39, 0.29) is 11.2 Å². The summed E-state index contributed by atoms with van der Waals surface area (Å²) in [5, 5.41) is 0.154. The van der Waals surface area contributed by atoms with Crippen molar-refractivity contribution in [3.8, 4) is 0 Å². The molecule has 1 atom stereocenters. The van der Waals surface area contributed by atoms with Crippen molar-refractivity contribution in [3.63, 3.8) is 0 Å². The Morgan fingerprint density at radius 2 is 2.27 bits per heavy atom. The summed E-state index contributed by atoms with van der Waals surface area (Å²) in [5.41, 5.74) is 6.34. The average molecular weight is 227 g/mol. The Hall–Kier alpha value is -1.30. The number of methoxy groups -OCH3 is 1. The number of carbonyl (C=O) groups excluding carboxylic acids is 1. The number of carbonyl (C=O) groups is 1. The smallest absolute Gasteiger partial charge is 0.318 e. The molecule has 0 amide bonds. The van der Waals surface area contributed by atoms with E-state index in [1.165, 1.54) is 18.9 Å². The van der Waals surface area contributed by atoms with Gasteiger partial charge in [-0.2, -0.15) is 0 Å². The summed E-state index contributed by atoms with van der Waals surface area (Å²) in [4.78, 5) is 19.3. The van der Waals surface area contributed by atoms with E-state index in [9.17, 15) is 4.79 Å². The molecule has 6 heteroatoms. The lowest BCUT2D eigenvalue weighted by Crippen LogP contribution is -2.15. The van der Waals surface area contributed by atoms with Gasteiger partial charge in [0.1, 0.15) is 11.1 Å². The molecule has 0 aliphatic carbocycles. The molecular weight excluding hydrogens is 214 g/mol. The number of nitrogens with zero attached hydrogens (tertiary/aromatic N) is 2. The van der Waals surface area contributed by atoms with Gasteiger partial charge in [-0.3, -0.25) is 4.79 Å². The van der Waals surface area contributed by atoms with Gasteiger partial charge < -0.3 is 10.5 Å². The normalized spacial score (nSPS) is 12.2. The Morgan fingerprint density at radius 1 is 1.60 bits per heavy atom. The summed E-state index contributed by atoms with van der Waals surface area (Å²) >= 11 is 1.23. The minimum atomic E-state index is -0.337. The van der Waals surface area contributed by atoms with E-state index in [1.54, 1.807) is 13.0 Å². The highest BCUT2D eigenvalue weighted by atomic mass is 32.2. The number of anilines is 1. The first kappa shape index (κ1) is 11.8. The number of aryl methyl sites for hydroxylation is 1. The zero-order valence-electron chi connectivity index (χ0n) is 8.85. The van der Waals surface area contributed by atoms with E-state index in [2.05, 4.69) is 14.7 Å². The van der Waals surface area contributed by atoms with Crippen molar-refractivity contribution in [3.05, 3.63) is 11.8 Å². The lowest BCUT2D eigenvalue weighted by Gasteiger charge is -2.07. The van der Waals surface area contributed by atoms with Gasteiger partial charge in [0.2, 0.25) is 0 Å². The largest absolute Gasteiger partial charge is 0.468 e. The minimum Gasteiger partial charge on any atom is -0.468 e. The van der Waals surface area contributed by atoms with Crippen LogP contribution in [-0.2, 0) is 9.53 Å². The van der Waals surface area contributed by atoms with Gasteiger partial charge in [0.05, 0.1) is 7.11 Å². The maximum atomic E-state index is 11.2. The molecule has 1 heterocycles. The standard InChI is InChI=1S/C9H13N3O2S/c1-5-4-7(10)12-9(11-5)15-6(2)8(13)14-3/h4,6H,1-3H3,(H2,10,11,12). The third-order valence-electron chi connectivity index (χ3n) is 1.67. The van der Waals surface area contributed by atoms with Crippen LogP contribution in [-0.4, -0.2) is 28.3 Å². The summed E-state index contributed by atoms with van der Waals surface area (Å²) in [6, 6.07) is 1.67. The molecule has 0 saturated carbocycles. The van der Waals surface area contributed by atoms with E-state index in [0.29, 0.717) is 11.0 Å². The van der Waals surface area contributed by atoms with Gasteiger partial charge in [0.15, 0.2) is 5.16 Å². The number of thioether (sulfide) groups is 1. The summed E-state index contributed by atoms with van der Waals surface area (Å²) in [6.07, 6.45) is 0. The van der Waals surface area contributed by atoms with Gasteiger partial charge in [-0.05, 0) is 13.8 Å². The summed E-state index contributed by atoms with van der Waals surface area (Å²) in [6.45, 7) is 3.56. The molecule has 82 valence electrons. The van der Waals surface area contributed by atoms with Gasteiger partial charge in [-0.1, -0.05) is 11.8 Å². The topological polar surface area (TPSA) is 78.1 Å². The number of rotatable bonds is 3. The second-order valence-corrected chi connectivity index (χ2v) is 4.31. The van der Waals surface area contributed by atoms with Crippen LogP contribution < -0.4 is 5.73 Å². The fourth-order valence-electron chi connectivity index (χ4n) is 0.990. The predicted octanol–water partition coefficient (Wildman–Crippen LogP) is 1.02. The molecular formula is C9H13N3O2S. The molecule has 1 unspecified atom stereocenters. The van der Waals surface area contributed by atoms with Crippen molar-refractivity contribution in [2.45, 2.75) is 24.3 Å². The molecule has 1 aromatic rings. The van der Waals surface area contributed by atoms with E-state index in [0.717, 1.165) is 5.69 Å². The zero-order valence-corrected chi connectivity index (χ0v) is 9.67. The lowest BCUT2D eigenvalue weighted by atomic mass is 10.4. The van der Waals surface area contributed by atoms with Crippen LogP contribution in [0.4, 0.5) is 5.82 Å². The molecule has 1 rings (SSSR count). The predicted molar refractivity (Wildman–Crippen MR) is 58.5 cm³/mol. The van der Waals surface area contributed by atoms with Crippen LogP contribution in [0.1, 0.15) is 12.6 Å². The first-order chi connectivity index (χ1) is 7.02. The number of nitrogens with two attached hydrogens (primary N) is 1. The highest BCUT2D eigenvalue weighted by molar-refractivity contribution is 8.00. The van der Waals surface area contributed by atoms with Gasteiger partial charge in [0, 0.05) is 11.8 Å². The molecule has 0 fully saturated rings. The molecule has 0 saturated heterocycles. The van der Waals surface area contributed by atoms with Crippen LogP contribution in [0.2, 0.25) is 0 Å². The number of aromatic nitrogens is 2. The van der Waals surface area contributed by atoms with Crippen molar-refractivity contribution < 1.29 is 9.53 Å². The van der Waals surface area contributed by atoms with Crippen molar-refractivity contribution in [2.75, 3.05) is 12.8 Å². The Bertz CT molecular complexity index is 350. The SMILES string of the molecule is COC(=O)C(C)Sc1nc(C)cc(N)n1. The second kappa shape index (κ2) is 4.97. The van der Waals surface area contributed by atoms with E-state index in [1.807, 2.05) is 6.92 Å². The molecule has 0 aliphatic rings. The molecule has 0 bridgehead atoms. The van der Waals surface area contributed by atoms with Crippen LogP contribution in [0.5, 0.6) is 0 Å². The maximum Gasteiger partial charge on any atom is 0.318 e. The van der Waals surface area contributed by atoms with Crippen LogP contribution in [0.3, 0.4) is 0 Å². The Morgan fingerprint density at radius 3 is 2.80 bits per heavy atom. The number of nitrogen functional groups attached to an aromatic ring is 1. The molecule has 5 nitrogen and oxygen atoms in total. The average Bonchev–Trinajstić information content (AvgIpc) is 2.14. The Kier molecular flexibility index (Phi) is 3.90. The monoisotopic (exact) mass is 227 g/mol. The maximum absolute atomic E-state index is 11.2. The highest BCUT2D eigenvalue weighted by Crippen LogP contribution is 2.21. The van der Waals surface area contributed by atoms with E-state index in [4.69, 9.17) is 5.73 Å². The number of hydrogen-bond donors (Lipinski definition) is 1. The number of ether oxygens (including phenoxy) is 1. The fourth-order valence-corrected chi connectivity index (χ4v) is 1.85.